The van der Waals surface area contributed by atoms with E-state index in [-0.39, 0.29) is 5.92 Å². The minimum Gasteiger partial charge on any atom is -0.345 e. The Morgan fingerprint density at radius 2 is 2.04 bits per heavy atom. The summed E-state index contributed by atoms with van der Waals surface area (Å²) in [6, 6.07) is 7.93. The molecule has 1 saturated heterocycles. The van der Waals surface area contributed by atoms with Crippen LogP contribution in [0.1, 0.15) is 24.3 Å². The maximum atomic E-state index is 12.6. The van der Waals surface area contributed by atoms with Gasteiger partial charge in [0.2, 0.25) is 5.91 Å². The lowest BCUT2D eigenvalue weighted by atomic mass is 10.1. The topological polar surface area (TPSA) is 26.8 Å². The second-order valence-corrected chi connectivity index (χ2v) is 7.70. The summed E-state index contributed by atoms with van der Waals surface area (Å²) in [5.74, 6) is 0.798. The zero-order valence-electron chi connectivity index (χ0n) is 14.7. The fourth-order valence-electron chi connectivity index (χ4n) is 3.57. The minimum atomic E-state index is 0.150. The summed E-state index contributed by atoms with van der Waals surface area (Å²) in [6.45, 7) is 6.54. The molecule has 1 saturated carbocycles. The maximum Gasteiger partial charge on any atom is 0.226 e. The molecule has 2 atom stereocenters. The number of hydrogen-bond donors (Lipinski definition) is 0. The molecule has 1 aliphatic carbocycles. The first-order valence-electron chi connectivity index (χ1n) is 8.96. The first kappa shape index (κ1) is 17.7. The number of halogens is 1. The van der Waals surface area contributed by atoms with Gasteiger partial charge >= 0.3 is 0 Å². The normalized spacial score (nSPS) is 24.8. The molecule has 0 aromatic heterocycles. The first-order valence-corrected chi connectivity index (χ1v) is 9.34. The Labute approximate surface area is 150 Å². The number of carbonyl (C=O) groups is 1. The number of carbonyl (C=O) groups excluding carboxylic acids is 1. The molecule has 1 aromatic carbocycles. The standard InChI is InChI=1S/C19H28ClN3O/c1-21-9-11-23(12-10-21)8-4-7-22(2)19(24)18-14-17(18)15-5-3-6-16(20)13-15/h3,5-6,13,17-18H,4,7-12,14H2,1-2H3/t17-,18+/m1/s1. The van der Waals surface area contributed by atoms with Crippen LogP contribution in [0.15, 0.2) is 24.3 Å². The van der Waals surface area contributed by atoms with Crippen LogP contribution in [0.3, 0.4) is 0 Å². The Kier molecular flexibility index (Phi) is 5.80. The van der Waals surface area contributed by atoms with Gasteiger partial charge in [0.25, 0.3) is 0 Å². The Morgan fingerprint density at radius 1 is 1.29 bits per heavy atom. The van der Waals surface area contributed by atoms with Crippen LogP contribution in [0.25, 0.3) is 0 Å². The summed E-state index contributed by atoms with van der Waals surface area (Å²) in [5.41, 5.74) is 1.20. The summed E-state index contributed by atoms with van der Waals surface area (Å²) in [4.78, 5) is 19.4. The molecular formula is C19H28ClN3O. The lowest BCUT2D eigenvalue weighted by molar-refractivity contribution is -0.131. The molecule has 132 valence electrons. The highest BCUT2D eigenvalue weighted by Crippen LogP contribution is 2.48. The van der Waals surface area contributed by atoms with Gasteiger partial charge in [0.1, 0.15) is 0 Å². The van der Waals surface area contributed by atoms with Crippen molar-refractivity contribution in [1.82, 2.24) is 14.7 Å². The van der Waals surface area contributed by atoms with Crippen LogP contribution in [0.2, 0.25) is 5.02 Å². The van der Waals surface area contributed by atoms with Gasteiger partial charge in [0.05, 0.1) is 0 Å². The molecule has 0 N–H and O–H groups in total. The van der Waals surface area contributed by atoms with Gasteiger partial charge in [0.15, 0.2) is 0 Å². The SMILES string of the molecule is CN1CCN(CCCN(C)C(=O)[C@H]2C[C@@H]2c2cccc(Cl)c2)CC1. The number of likely N-dealkylation sites (N-methyl/N-ethyl adjacent to an activating group) is 1. The van der Waals surface area contributed by atoms with Gasteiger partial charge in [-0.3, -0.25) is 4.79 Å². The maximum absolute atomic E-state index is 12.6. The second-order valence-electron chi connectivity index (χ2n) is 7.26. The van der Waals surface area contributed by atoms with E-state index in [4.69, 9.17) is 11.6 Å². The molecule has 1 aliphatic heterocycles. The molecule has 2 aliphatic rings. The van der Waals surface area contributed by atoms with Gasteiger partial charge in [-0.15, -0.1) is 0 Å². The smallest absolute Gasteiger partial charge is 0.226 e. The molecule has 0 unspecified atom stereocenters. The second kappa shape index (κ2) is 7.85. The van der Waals surface area contributed by atoms with Crippen LogP contribution in [-0.4, -0.2) is 74.0 Å². The molecule has 0 radical (unpaired) electrons. The average molecular weight is 350 g/mol. The highest BCUT2D eigenvalue weighted by atomic mass is 35.5. The predicted octanol–water partition coefficient (Wildman–Crippen LogP) is 2.54. The van der Waals surface area contributed by atoms with Crippen LogP contribution in [0.5, 0.6) is 0 Å². The molecule has 2 fully saturated rings. The molecule has 5 heteroatoms. The van der Waals surface area contributed by atoms with Crippen LogP contribution in [0, 0.1) is 5.92 Å². The summed E-state index contributed by atoms with van der Waals surface area (Å²) < 4.78 is 0. The van der Waals surface area contributed by atoms with Crippen LogP contribution in [-0.2, 0) is 4.79 Å². The van der Waals surface area contributed by atoms with E-state index in [1.54, 1.807) is 0 Å². The Balaban J connectivity index is 1.40. The molecule has 0 spiro atoms. The lowest BCUT2D eigenvalue weighted by Gasteiger charge is -2.32. The molecule has 24 heavy (non-hydrogen) atoms. The van der Waals surface area contributed by atoms with E-state index in [2.05, 4.69) is 22.9 Å². The molecule has 1 amide bonds. The van der Waals surface area contributed by atoms with Gasteiger partial charge in [0, 0.05) is 50.7 Å². The van der Waals surface area contributed by atoms with Crippen molar-refractivity contribution in [3.8, 4) is 0 Å². The van der Waals surface area contributed by atoms with E-state index in [0.717, 1.165) is 57.1 Å². The summed E-state index contributed by atoms with van der Waals surface area (Å²) in [5, 5.41) is 0.756. The van der Waals surface area contributed by atoms with Gasteiger partial charge in [-0.2, -0.15) is 0 Å². The fourth-order valence-corrected chi connectivity index (χ4v) is 3.77. The van der Waals surface area contributed by atoms with Gasteiger partial charge in [-0.1, -0.05) is 23.7 Å². The Bertz CT molecular complexity index is 571. The number of amides is 1. The van der Waals surface area contributed by atoms with Crippen molar-refractivity contribution in [2.45, 2.75) is 18.8 Å². The van der Waals surface area contributed by atoms with Crippen LogP contribution >= 0.6 is 11.6 Å². The lowest BCUT2D eigenvalue weighted by Crippen LogP contribution is -2.45. The highest BCUT2D eigenvalue weighted by Gasteiger charge is 2.45. The average Bonchev–Trinajstić information content (AvgIpc) is 3.36. The summed E-state index contributed by atoms with van der Waals surface area (Å²) in [7, 11) is 4.12. The zero-order valence-corrected chi connectivity index (χ0v) is 15.5. The largest absolute Gasteiger partial charge is 0.345 e. The number of rotatable bonds is 6. The van der Waals surface area contributed by atoms with Gasteiger partial charge < -0.3 is 14.7 Å². The number of hydrogen-bond acceptors (Lipinski definition) is 3. The quantitative estimate of drug-likeness (QED) is 0.789. The van der Waals surface area contributed by atoms with E-state index >= 15 is 0 Å². The van der Waals surface area contributed by atoms with E-state index in [0.29, 0.717) is 11.8 Å². The van der Waals surface area contributed by atoms with Crippen LogP contribution < -0.4 is 0 Å². The van der Waals surface area contributed by atoms with Crippen molar-refractivity contribution in [3.05, 3.63) is 34.9 Å². The molecule has 1 heterocycles. The van der Waals surface area contributed by atoms with E-state index in [9.17, 15) is 4.79 Å². The van der Waals surface area contributed by atoms with Crippen molar-refractivity contribution in [1.29, 1.82) is 0 Å². The van der Waals surface area contributed by atoms with Crippen molar-refractivity contribution >= 4 is 17.5 Å². The van der Waals surface area contributed by atoms with Gasteiger partial charge in [-0.25, -0.2) is 0 Å². The molecule has 3 rings (SSSR count). The molecule has 4 nitrogen and oxygen atoms in total. The third kappa shape index (κ3) is 4.50. The number of nitrogens with zero attached hydrogens (tertiary/aromatic N) is 3. The summed E-state index contributed by atoms with van der Waals surface area (Å²) in [6.07, 6.45) is 2.02. The van der Waals surface area contributed by atoms with E-state index in [1.807, 2.05) is 30.1 Å². The van der Waals surface area contributed by atoms with Crippen molar-refractivity contribution < 1.29 is 4.79 Å². The van der Waals surface area contributed by atoms with Gasteiger partial charge in [-0.05, 0) is 50.0 Å². The van der Waals surface area contributed by atoms with Crippen molar-refractivity contribution in [2.24, 2.45) is 5.92 Å². The van der Waals surface area contributed by atoms with Crippen molar-refractivity contribution in [2.75, 3.05) is 53.4 Å². The third-order valence-corrected chi connectivity index (χ3v) is 5.56. The molecule has 1 aromatic rings. The highest BCUT2D eigenvalue weighted by molar-refractivity contribution is 6.30. The Morgan fingerprint density at radius 3 is 2.75 bits per heavy atom. The fraction of sp³-hybridized carbons (Fsp3) is 0.632. The van der Waals surface area contributed by atoms with E-state index < -0.39 is 0 Å². The monoisotopic (exact) mass is 349 g/mol. The summed E-state index contributed by atoms with van der Waals surface area (Å²) >= 11 is 6.05. The number of benzene rings is 1. The minimum absolute atomic E-state index is 0.150. The zero-order chi connectivity index (χ0) is 17.1. The van der Waals surface area contributed by atoms with Crippen molar-refractivity contribution in [3.63, 3.8) is 0 Å². The predicted molar refractivity (Wildman–Crippen MR) is 98.5 cm³/mol. The van der Waals surface area contributed by atoms with Crippen LogP contribution in [0.4, 0.5) is 0 Å². The Hall–Kier alpha value is -1.10. The third-order valence-electron chi connectivity index (χ3n) is 5.32. The first-order chi connectivity index (χ1) is 11.5. The van der Waals surface area contributed by atoms with E-state index in [1.165, 1.54) is 5.56 Å². The molecule has 0 bridgehead atoms. The number of piperazine rings is 1. The molecular weight excluding hydrogens is 322 g/mol.